The number of nitrogens with zero attached hydrogens (tertiary/aromatic N) is 1. The first-order chi connectivity index (χ1) is 8.72. The molecule has 0 saturated carbocycles. The molecule has 2 aromatic rings. The SMILES string of the molecule is CCNCc1ccc(-c2cc(F)cc(C#N)c2)o1. The van der Waals surface area contributed by atoms with Gasteiger partial charge in [-0.05, 0) is 36.9 Å². The number of halogens is 1. The summed E-state index contributed by atoms with van der Waals surface area (Å²) in [5, 5.41) is 11.9. The van der Waals surface area contributed by atoms with Crippen LogP contribution in [0.5, 0.6) is 0 Å². The van der Waals surface area contributed by atoms with E-state index in [-0.39, 0.29) is 5.56 Å². The van der Waals surface area contributed by atoms with E-state index in [1.807, 2.05) is 19.1 Å². The zero-order chi connectivity index (χ0) is 13.0. The van der Waals surface area contributed by atoms with Gasteiger partial charge in [0.15, 0.2) is 0 Å². The first-order valence-electron chi connectivity index (χ1n) is 5.73. The normalized spacial score (nSPS) is 10.3. The van der Waals surface area contributed by atoms with E-state index < -0.39 is 5.82 Å². The van der Waals surface area contributed by atoms with E-state index in [2.05, 4.69) is 5.32 Å². The van der Waals surface area contributed by atoms with Crippen LogP contribution in [-0.4, -0.2) is 6.54 Å². The van der Waals surface area contributed by atoms with Gasteiger partial charge in [-0.3, -0.25) is 0 Å². The Bertz CT molecular complexity index is 584. The Kier molecular flexibility index (Phi) is 3.75. The molecule has 0 bridgehead atoms. The van der Waals surface area contributed by atoms with E-state index in [0.29, 0.717) is 17.9 Å². The van der Waals surface area contributed by atoms with Crippen molar-refractivity contribution in [2.75, 3.05) is 6.54 Å². The largest absolute Gasteiger partial charge is 0.460 e. The molecule has 3 nitrogen and oxygen atoms in total. The number of furan rings is 1. The van der Waals surface area contributed by atoms with Gasteiger partial charge in [0.25, 0.3) is 0 Å². The van der Waals surface area contributed by atoms with E-state index >= 15 is 0 Å². The van der Waals surface area contributed by atoms with Crippen LogP contribution >= 0.6 is 0 Å². The lowest BCUT2D eigenvalue weighted by Crippen LogP contribution is -2.10. The number of hydrogen-bond donors (Lipinski definition) is 1. The quantitative estimate of drug-likeness (QED) is 0.899. The van der Waals surface area contributed by atoms with Gasteiger partial charge in [-0.15, -0.1) is 0 Å². The third-order valence-electron chi connectivity index (χ3n) is 2.52. The first-order valence-corrected chi connectivity index (χ1v) is 5.73. The maximum absolute atomic E-state index is 13.3. The van der Waals surface area contributed by atoms with Crippen molar-refractivity contribution in [2.45, 2.75) is 13.5 Å². The van der Waals surface area contributed by atoms with Crippen molar-refractivity contribution in [2.24, 2.45) is 0 Å². The van der Waals surface area contributed by atoms with E-state index in [1.165, 1.54) is 12.1 Å². The summed E-state index contributed by atoms with van der Waals surface area (Å²) < 4.78 is 18.9. The summed E-state index contributed by atoms with van der Waals surface area (Å²) in [6, 6.07) is 9.72. The van der Waals surface area contributed by atoms with Crippen molar-refractivity contribution in [3.05, 3.63) is 47.5 Å². The predicted octanol–water partition coefficient (Wildman–Crippen LogP) is 3.07. The number of nitriles is 1. The Morgan fingerprint density at radius 1 is 1.33 bits per heavy atom. The molecular weight excluding hydrogens is 231 g/mol. The van der Waals surface area contributed by atoms with Gasteiger partial charge in [0, 0.05) is 5.56 Å². The third kappa shape index (κ3) is 2.76. The summed E-state index contributed by atoms with van der Waals surface area (Å²) in [6.07, 6.45) is 0. The summed E-state index contributed by atoms with van der Waals surface area (Å²) >= 11 is 0. The minimum atomic E-state index is -0.436. The molecule has 0 saturated heterocycles. The van der Waals surface area contributed by atoms with Crippen LogP contribution in [0.4, 0.5) is 4.39 Å². The highest BCUT2D eigenvalue weighted by Crippen LogP contribution is 2.24. The molecule has 0 amide bonds. The molecular formula is C14H13FN2O. The van der Waals surface area contributed by atoms with E-state index in [1.54, 1.807) is 12.1 Å². The van der Waals surface area contributed by atoms with Crippen LogP contribution in [0.3, 0.4) is 0 Å². The molecule has 18 heavy (non-hydrogen) atoms. The number of rotatable bonds is 4. The molecule has 1 N–H and O–H groups in total. The average Bonchev–Trinajstić information content (AvgIpc) is 2.84. The van der Waals surface area contributed by atoms with Gasteiger partial charge >= 0.3 is 0 Å². The molecule has 0 unspecified atom stereocenters. The third-order valence-corrected chi connectivity index (χ3v) is 2.52. The molecule has 1 aromatic carbocycles. The maximum Gasteiger partial charge on any atom is 0.134 e. The van der Waals surface area contributed by atoms with Gasteiger partial charge in [0.2, 0.25) is 0 Å². The summed E-state index contributed by atoms with van der Waals surface area (Å²) in [5.74, 6) is 0.919. The minimum Gasteiger partial charge on any atom is -0.460 e. The number of nitrogens with one attached hydrogen (secondary N) is 1. The fraction of sp³-hybridized carbons (Fsp3) is 0.214. The van der Waals surface area contributed by atoms with Gasteiger partial charge < -0.3 is 9.73 Å². The first kappa shape index (κ1) is 12.3. The number of benzene rings is 1. The van der Waals surface area contributed by atoms with Crippen molar-refractivity contribution in [3.8, 4) is 17.4 Å². The van der Waals surface area contributed by atoms with Crippen molar-refractivity contribution < 1.29 is 8.81 Å². The smallest absolute Gasteiger partial charge is 0.134 e. The second kappa shape index (κ2) is 5.48. The van der Waals surface area contributed by atoms with Crippen LogP contribution < -0.4 is 5.32 Å². The molecule has 0 aliphatic carbocycles. The minimum absolute atomic E-state index is 0.287. The molecule has 2 rings (SSSR count). The molecule has 1 aromatic heterocycles. The Morgan fingerprint density at radius 2 is 2.17 bits per heavy atom. The van der Waals surface area contributed by atoms with Crippen LogP contribution in [0.1, 0.15) is 18.2 Å². The van der Waals surface area contributed by atoms with E-state index in [0.717, 1.165) is 12.3 Å². The zero-order valence-electron chi connectivity index (χ0n) is 10.0. The fourth-order valence-corrected chi connectivity index (χ4v) is 1.67. The highest BCUT2D eigenvalue weighted by Gasteiger charge is 2.07. The fourth-order valence-electron chi connectivity index (χ4n) is 1.67. The Hall–Kier alpha value is -2.12. The van der Waals surface area contributed by atoms with Gasteiger partial charge in [0.05, 0.1) is 18.2 Å². The molecule has 0 aliphatic heterocycles. The van der Waals surface area contributed by atoms with Gasteiger partial charge in [-0.25, -0.2) is 4.39 Å². The van der Waals surface area contributed by atoms with Crippen molar-refractivity contribution in [3.63, 3.8) is 0 Å². The lowest BCUT2D eigenvalue weighted by molar-refractivity contribution is 0.498. The Morgan fingerprint density at radius 3 is 2.89 bits per heavy atom. The summed E-state index contributed by atoms with van der Waals surface area (Å²) in [4.78, 5) is 0. The summed E-state index contributed by atoms with van der Waals surface area (Å²) in [7, 11) is 0. The van der Waals surface area contributed by atoms with Crippen molar-refractivity contribution >= 4 is 0 Å². The number of hydrogen-bond acceptors (Lipinski definition) is 3. The van der Waals surface area contributed by atoms with Crippen LogP contribution in [0, 0.1) is 17.1 Å². The maximum atomic E-state index is 13.3. The lowest BCUT2D eigenvalue weighted by Gasteiger charge is -2.00. The molecule has 0 atom stereocenters. The second-order valence-corrected chi connectivity index (χ2v) is 3.89. The summed E-state index contributed by atoms with van der Waals surface area (Å²) in [5.41, 5.74) is 0.865. The van der Waals surface area contributed by atoms with Crippen LogP contribution in [0.2, 0.25) is 0 Å². The monoisotopic (exact) mass is 244 g/mol. The van der Waals surface area contributed by atoms with E-state index in [9.17, 15) is 4.39 Å². The lowest BCUT2D eigenvalue weighted by atomic mass is 10.1. The van der Waals surface area contributed by atoms with Crippen LogP contribution in [0.25, 0.3) is 11.3 Å². The van der Waals surface area contributed by atoms with Crippen molar-refractivity contribution in [1.82, 2.24) is 5.32 Å². The Labute approximate surface area is 105 Å². The predicted molar refractivity (Wildman–Crippen MR) is 66.2 cm³/mol. The molecule has 0 fully saturated rings. The second-order valence-electron chi connectivity index (χ2n) is 3.89. The molecule has 1 heterocycles. The molecule has 92 valence electrons. The molecule has 0 radical (unpaired) electrons. The molecule has 0 spiro atoms. The van der Waals surface area contributed by atoms with Gasteiger partial charge in [-0.2, -0.15) is 5.26 Å². The van der Waals surface area contributed by atoms with Gasteiger partial charge in [0.1, 0.15) is 17.3 Å². The average molecular weight is 244 g/mol. The van der Waals surface area contributed by atoms with Crippen molar-refractivity contribution in [1.29, 1.82) is 5.26 Å². The van der Waals surface area contributed by atoms with Crippen LogP contribution in [-0.2, 0) is 6.54 Å². The zero-order valence-corrected chi connectivity index (χ0v) is 10.0. The highest BCUT2D eigenvalue weighted by molar-refractivity contribution is 5.60. The van der Waals surface area contributed by atoms with E-state index in [4.69, 9.17) is 9.68 Å². The standard InChI is InChI=1S/C14H13FN2O/c1-2-17-9-13-3-4-14(18-13)11-5-10(8-16)6-12(15)7-11/h3-7,17H,2,9H2,1H3. The Balaban J connectivity index is 2.28. The van der Waals surface area contributed by atoms with Gasteiger partial charge in [-0.1, -0.05) is 6.92 Å². The molecule has 4 heteroatoms. The summed E-state index contributed by atoms with van der Waals surface area (Å²) in [6.45, 7) is 3.50. The molecule has 0 aliphatic rings. The van der Waals surface area contributed by atoms with Crippen LogP contribution in [0.15, 0.2) is 34.7 Å². The topological polar surface area (TPSA) is 49.0 Å². The highest BCUT2D eigenvalue weighted by atomic mass is 19.1.